The average molecular weight is 314 g/mol. The summed E-state index contributed by atoms with van der Waals surface area (Å²) < 4.78 is 0.582. The maximum absolute atomic E-state index is 11.7. The molecule has 1 aliphatic heterocycles. The Labute approximate surface area is 112 Å². The first-order valence-electron chi connectivity index (χ1n) is 5.44. The van der Waals surface area contributed by atoms with Crippen molar-refractivity contribution in [2.45, 2.75) is 12.5 Å². The third-order valence-electron chi connectivity index (χ3n) is 2.92. The highest BCUT2D eigenvalue weighted by atomic mass is 79.9. The summed E-state index contributed by atoms with van der Waals surface area (Å²) in [5.74, 6) is 0.0419. The van der Waals surface area contributed by atoms with E-state index in [1.165, 1.54) is 12.1 Å². The Hall–Kier alpha value is -1.63. The Bertz CT molecular complexity index is 506. The number of nitro groups is 1. The number of carbonyl (C=O) groups is 1. The van der Waals surface area contributed by atoms with Crippen molar-refractivity contribution < 1.29 is 9.72 Å². The van der Waals surface area contributed by atoms with E-state index in [0.717, 1.165) is 13.0 Å². The van der Waals surface area contributed by atoms with Crippen molar-refractivity contribution in [3.8, 4) is 0 Å². The Morgan fingerprint density at radius 1 is 1.56 bits per heavy atom. The Kier molecular flexibility index (Phi) is 3.51. The third kappa shape index (κ3) is 2.45. The molecule has 18 heavy (non-hydrogen) atoms. The standard InChI is InChI=1S/C11H12BrN3O3/c1-14-5-4-10(11(14)16)13-9-3-2-7(15(17)18)6-8(9)12/h2-3,6,10,13H,4-5H2,1H3/t10-/m1/s1. The largest absolute Gasteiger partial charge is 0.373 e. The number of benzene rings is 1. The van der Waals surface area contributed by atoms with E-state index < -0.39 is 4.92 Å². The summed E-state index contributed by atoms with van der Waals surface area (Å²) in [4.78, 5) is 23.6. The van der Waals surface area contributed by atoms with E-state index in [-0.39, 0.29) is 17.6 Å². The topological polar surface area (TPSA) is 75.5 Å². The van der Waals surface area contributed by atoms with Crippen LogP contribution in [-0.4, -0.2) is 35.4 Å². The van der Waals surface area contributed by atoms with E-state index in [1.54, 1.807) is 18.0 Å². The minimum Gasteiger partial charge on any atom is -0.373 e. The van der Waals surface area contributed by atoms with Crippen LogP contribution >= 0.6 is 15.9 Å². The van der Waals surface area contributed by atoms with Crippen LogP contribution in [0.2, 0.25) is 0 Å². The molecule has 0 bridgehead atoms. The van der Waals surface area contributed by atoms with Gasteiger partial charge in [0.25, 0.3) is 5.69 Å². The van der Waals surface area contributed by atoms with E-state index in [9.17, 15) is 14.9 Å². The molecule has 1 N–H and O–H groups in total. The zero-order valence-corrected chi connectivity index (χ0v) is 11.3. The van der Waals surface area contributed by atoms with E-state index in [2.05, 4.69) is 21.2 Å². The van der Waals surface area contributed by atoms with E-state index >= 15 is 0 Å². The molecule has 2 rings (SSSR count). The van der Waals surface area contributed by atoms with Gasteiger partial charge in [0.2, 0.25) is 5.91 Å². The Morgan fingerprint density at radius 3 is 2.78 bits per heavy atom. The summed E-state index contributed by atoms with van der Waals surface area (Å²) in [6.07, 6.45) is 0.735. The second-order valence-electron chi connectivity index (χ2n) is 4.17. The fourth-order valence-corrected chi connectivity index (χ4v) is 2.36. The predicted molar refractivity (Wildman–Crippen MR) is 70.5 cm³/mol. The summed E-state index contributed by atoms with van der Waals surface area (Å²) in [5.41, 5.74) is 0.705. The molecule has 1 aromatic carbocycles. The van der Waals surface area contributed by atoms with Crippen LogP contribution < -0.4 is 5.32 Å². The number of likely N-dealkylation sites (N-methyl/N-ethyl adjacent to an activating group) is 1. The molecule has 0 aliphatic carbocycles. The van der Waals surface area contributed by atoms with Gasteiger partial charge in [-0.25, -0.2) is 0 Å². The average Bonchev–Trinajstić information content (AvgIpc) is 2.63. The molecule has 1 heterocycles. The number of likely N-dealkylation sites (tertiary alicyclic amines) is 1. The van der Waals surface area contributed by atoms with Crippen LogP contribution in [0, 0.1) is 10.1 Å². The van der Waals surface area contributed by atoms with Crippen LogP contribution in [0.1, 0.15) is 6.42 Å². The number of nitrogens with zero attached hydrogens (tertiary/aromatic N) is 2. The second-order valence-corrected chi connectivity index (χ2v) is 5.02. The van der Waals surface area contributed by atoms with E-state index in [0.29, 0.717) is 10.2 Å². The smallest absolute Gasteiger partial charge is 0.270 e. The minimum atomic E-state index is -0.455. The van der Waals surface area contributed by atoms with E-state index in [4.69, 9.17) is 0 Å². The number of non-ortho nitro benzene ring substituents is 1. The zero-order valence-electron chi connectivity index (χ0n) is 9.72. The van der Waals surface area contributed by atoms with Crippen molar-refractivity contribution in [3.63, 3.8) is 0 Å². The number of hydrogen-bond acceptors (Lipinski definition) is 4. The number of nitrogens with one attached hydrogen (secondary N) is 1. The molecule has 1 aliphatic rings. The second kappa shape index (κ2) is 4.93. The summed E-state index contributed by atoms with van der Waals surface area (Å²) >= 11 is 3.27. The molecule has 6 nitrogen and oxygen atoms in total. The quantitative estimate of drug-likeness (QED) is 0.684. The van der Waals surface area contributed by atoms with Crippen molar-refractivity contribution in [1.29, 1.82) is 0 Å². The first kappa shape index (κ1) is 12.8. The number of carbonyl (C=O) groups excluding carboxylic acids is 1. The summed E-state index contributed by atoms with van der Waals surface area (Å²) in [6.45, 7) is 0.723. The molecule has 1 amide bonds. The molecule has 0 unspecified atom stereocenters. The summed E-state index contributed by atoms with van der Waals surface area (Å²) in [5, 5.41) is 13.7. The zero-order chi connectivity index (χ0) is 13.3. The lowest BCUT2D eigenvalue weighted by Crippen LogP contribution is -2.31. The van der Waals surface area contributed by atoms with Crippen LogP contribution in [0.4, 0.5) is 11.4 Å². The number of rotatable bonds is 3. The Balaban J connectivity index is 2.15. The molecular weight excluding hydrogens is 302 g/mol. The van der Waals surface area contributed by atoms with E-state index in [1.807, 2.05) is 0 Å². The van der Waals surface area contributed by atoms with Crippen molar-refractivity contribution >= 4 is 33.2 Å². The number of anilines is 1. The fraction of sp³-hybridized carbons (Fsp3) is 0.364. The maximum atomic E-state index is 11.7. The van der Waals surface area contributed by atoms with Gasteiger partial charge in [-0.15, -0.1) is 0 Å². The molecule has 1 atom stereocenters. The van der Waals surface area contributed by atoms with Crippen LogP contribution in [0.5, 0.6) is 0 Å². The molecule has 96 valence electrons. The fourth-order valence-electron chi connectivity index (χ4n) is 1.88. The lowest BCUT2D eigenvalue weighted by molar-refractivity contribution is -0.384. The Morgan fingerprint density at radius 2 is 2.28 bits per heavy atom. The van der Waals surface area contributed by atoms with Gasteiger partial charge in [-0.05, 0) is 28.4 Å². The predicted octanol–water partition coefficient (Wildman–Crippen LogP) is 2.00. The molecule has 0 aromatic heterocycles. The number of hydrogen-bond donors (Lipinski definition) is 1. The van der Waals surface area contributed by atoms with Gasteiger partial charge in [0.15, 0.2) is 0 Å². The lowest BCUT2D eigenvalue weighted by atomic mass is 10.2. The minimum absolute atomic E-state index is 0.0160. The molecule has 1 aromatic rings. The monoisotopic (exact) mass is 313 g/mol. The first-order valence-corrected chi connectivity index (χ1v) is 6.24. The molecule has 1 fully saturated rings. The van der Waals surface area contributed by atoms with Gasteiger partial charge in [0.05, 0.1) is 4.92 Å². The van der Waals surface area contributed by atoms with Crippen LogP contribution in [0.3, 0.4) is 0 Å². The highest BCUT2D eigenvalue weighted by Crippen LogP contribution is 2.28. The molecule has 0 saturated carbocycles. The molecule has 0 radical (unpaired) electrons. The van der Waals surface area contributed by atoms with Crippen LogP contribution in [-0.2, 0) is 4.79 Å². The molecular formula is C11H12BrN3O3. The van der Waals surface area contributed by atoms with Gasteiger partial charge >= 0.3 is 0 Å². The SMILES string of the molecule is CN1CC[C@@H](Nc2ccc([N+](=O)[O-])cc2Br)C1=O. The lowest BCUT2D eigenvalue weighted by Gasteiger charge is -2.14. The highest BCUT2D eigenvalue weighted by molar-refractivity contribution is 9.10. The summed E-state index contributed by atoms with van der Waals surface area (Å²) in [7, 11) is 1.76. The van der Waals surface area contributed by atoms with Crippen LogP contribution in [0.25, 0.3) is 0 Å². The number of nitro benzene ring substituents is 1. The van der Waals surface area contributed by atoms with Crippen molar-refractivity contribution in [1.82, 2.24) is 4.90 Å². The van der Waals surface area contributed by atoms with Crippen molar-refractivity contribution in [3.05, 3.63) is 32.8 Å². The van der Waals surface area contributed by atoms with Gasteiger partial charge in [-0.3, -0.25) is 14.9 Å². The molecule has 0 spiro atoms. The van der Waals surface area contributed by atoms with Gasteiger partial charge in [-0.2, -0.15) is 0 Å². The normalized spacial score (nSPS) is 19.1. The third-order valence-corrected chi connectivity index (χ3v) is 3.58. The number of halogens is 1. The van der Waals surface area contributed by atoms with Crippen molar-refractivity contribution in [2.24, 2.45) is 0 Å². The van der Waals surface area contributed by atoms with Gasteiger partial charge in [0, 0.05) is 35.9 Å². The van der Waals surface area contributed by atoms with Gasteiger partial charge in [-0.1, -0.05) is 0 Å². The van der Waals surface area contributed by atoms with Gasteiger partial charge in [0.1, 0.15) is 6.04 Å². The van der Waals surface area contributed by atoms with Crippen LogP contribution in [0.15, 0.2) is 22.7 Å². The maximum Gasteiger partial charge on any atom is 0.270 e. The summed E-state index contributed by atoms with van der Waals surface area (Å²) in [6, 6.07) is 4.18. The van der Waals surface area contributed by atoms with Gasteiger partial charge < -0.3 is 10.2 Å². The first-order chi connectivity index (χ1) is 8.49. The highest BCUT2D eigenvalue weighted by Gasteiger charge is 2.29. The molecule has 1 saturated heterocycles. The van der Waals surface area contributed by atoms with Crippen molar-refractivity contribution in [2.75, 3.05) is 18.9 Å². The molecule has 7 heteroatoms. The number of amides is 1.